The highest BCUT2D eigenvalue weighted by Crippen LogP contribution is 2.31. The molecular formula is C18H22N2O2. The number of carbonyl (C=O) groups excluding carboxylic acids is 2. The Balaban J connectivity index is 1.51. The molecule has 1 aliphatic carbocycles. The number of hydrogen-bond donors (Lipinski definition) is 0. The third-order valence-electron chi connectivity index (χ3n) is 4.33. The number of aryl methyl sites for hydroxylation is 1. The van der Waals surface area contributed by atoms with E-state index >= 15 is 0 Å². The van der Waals surface area contributed by atoms with E-state index in [1.54, 1.807) is 6.08 Å². The highest BCUT2D eigenvalue weighted by Gasteiger charge is 2.34. The van der Waals surface area contributed by atoms with E-state index in [-0.39, 0.29) is 17.7 Å². The standard InChI is InChI=1S/C18H22N2O2/c1-14-2-4-15(5-3-14)6-9-17(21)19-10-12-20(13-11-19)18(22)16-7-8-16/h2-6,9,16H,7-8,10-13H2,1H3. The van der Waals surface area contributed by atoms with Crippen LogP contribution >= 0.6 is 0 Å². The minimum atomic E-state index is 0.0269. The second-order valence-corrected chi connectivity index (χ2v) is 6.17. The summed E-state index contributed by atoms with van der Waals surface area (Å²) in [5.74, 6) is 0.574. The molecule has 0 aromatic heterocycles. The first-order valence-corrected chi connectivity index (χ1v) is 7.96. The summed E-state index contributed by atoms with van der Waals surface area (Å²) in [6, 6.07) is 8.08. The zero-order valence-corrected chi connectivity index (χ0v) is 13.0. The molecule has 2 amide bonds. The molecule has 116 valence electrons. The van der Waals surface area contributed by atoms with E-state index in [9.17, 15) is 9.59 Å². The van der Waals surface area contributed by atoms with Crippen molar-refractivity contribution in [3.8, 4) is 0 Å². The van der Waals surface area contributed by atoms with Gasteiger partial charge in [0.2, 0.25) is 11.8 Å². The van der Waals surface area contributed by atoms with E-state index in [1.165, 1.54) is 5.56 Å². The van der Waals surface area contributed by atoms with Crippen LogP contribution in [0.15, 0.2) is 30.3 Å². The first kappa shape index (κ1) is 14.8. The molecule has 1 aromatic rings. The topological polar surface area (TPSA) is 40.6 Å². The molecule has 1 aromatic carbocycles. The van der Waals surface area contributed by atoms with E-state index < -0.39 is 0 Å². The van der Waals surface area contributed by atoms with Crippen LogP contribution in [-0.4, -0.2) is 47.8 Å². The van der Waals surface area contributed by atoms with Crippen LogP contribution in [0.4, 0.5) is 0 Å². The van der Waals surface area contributed by atoms with Crippen molar-refractivity contribution in [2.24, 2.45) is 5.92 Å². The predicted molar refractivity (Wildman–Crippen MR) is 86.1 cm³/mol. The van der Waals surface area contributed by atoms with Gasteiger partial charge in [0.25, 0.3) is 0 Å². The van der Waals surface area contributed by atoms with Gasteiger partial charge in [0.15, 0.2) is 0 Å². The lowest BCUT2D eigenvalue weighted by Crippen LogP contribution is -2.50. The Kier molecular flexibility index (Phi) is 4.27. The summed E-state index contributed by atoms with van der Waals surface area (Å²) in [7, 11) is 0. The molecule has 1 heterocycles. The maximum Gasteiger partial charge on any atom is 0.246 e. The Morgan fingerprint density at radius 2 is 1.59 bits per heavy atom. The van der Waals surface area contributed by atoms with Crippen LogP contribution in [0.5, 0.6) is 0 Å². The van der Waals surface area contributed by atoms with Gasteiger partial charge in [-0.1, -0.05) is 29.8 Å². The lowest BCUT2D eigenvalue weighted by molar-refractivity contribution is -0.138. The van der Waals surface area contributed by atoms with Gasteiger partial charge in [0.1, 0.15) is 0 Å². The lowest BCUT2D eigenvalue weighted by atomic mass is 10.1. The van der Waals surface area contributed by atoms with E-state index in [0.29, 0.717) is 26.2 Å². The Bertz CT molecular complexity index is 580. The van der Waals surface area contributed by atoms with Crippen molar-refractivity contribution >= 4 is 17.9 Å². The van der Waals surface area contributed by atoms with Crippen molar-refractivity contribution in [3.05, 3.63) is 41.5 Å². The molecule has 0 N–H and O–H groups in total. The third-order valence-corrected chi connectivity index (χ3v) is 4.33. The van der Waals surface area contributed by atoms with E-state index in [4.69, 9.17) is 0 Å². The summed E-state index contributed by atoms with van der Waals surface area (Å²) >= 11 is 0. The van der Waals surface area contributed by atoms with Crippen molar-refractivity contribution in [3.63, 3.8) is 0 Å². The van der Waals surface area contributed by atoms with Crippen molar-refractivity contribution in [1.82, 2.24) is 9.80 Å². The van der Waals surface area contributed by atoms with Gasteiger partial charge < -0.3 is 9.80 Å². The van der Waals surface area contributed by atoms with Crippen LogP contribution in [0.25, 0.3) is 6.08 Å². The van der Waals surface area contributed by atoms with E-state index in [0.717, 1.165) is 18.4 Å². The van der Waals surface area contributed by atoms with Crippen LogP contribution in [0, 0.1) is 12.8 Å². The van der Waals surface area contributed by atoms with Crippen LogP contribution in [-0.2, 0) is 9.59 Å². The van der Waals surface area contributed by atoms with Crippen molar-refractivity contribution in [1.29, 1.82) is 0 Å². The van der Waals surface area contributed by atoms with Crippen LogP contribution in [0.3, 0.4) is 0 Å². The maximum absolute atomic E-state index is 12.2. The SMILES string of the molecule is Cc1ccc(C=CC(=O)N2CCN(C(=O)C3CC3)CC2)cc1. The number of nitrogens with zero attached hydrogens (tertiary/aromatic N) is 2. The quantitative estimate of drug-likeness (QED) is 0.802. The van der Waals surface area contributed by atoms with Gasteiger partial charge in [-0.15, -0.1) is 0 Å². The van der Waals surface area contributed by atoms with Gasteiger partial charge in [-0.25, -0.2) is 0 Å². The fourth-order valence-corrected chi connectivity index (χ4v) is 2.69. The minimum Gasteiger partial charge on any atom is -0.339 e. The fraction of sp³-hybridized carbons (Fsp3) is 0.444. The molecular weight excluding hydrogens is 276 g/mol. The molecule has 0 radical (unpaired) electrons. The number of hydrogen-bond acceptors (Lipinski definition) is 2. The number of carbonyl (C=O) groups is 2. The lowest BCUT2D eigenvalue weighted by Gasteiger charge is -2.34. The number of amides is 2. The average molecular weight is 298 g/mol. The molecule has 4 nitrogen and oxygen atoms in total. The predicted octanol–water partition coefficient (Wildman–Crippen LogP) is 2.09. The number of benzene rings is 1. The Labute approximate surface area is 131 Å². The Hall–Kier alpha value is -2.10. The molecule has 2 fully saturated rings. The number of rotatable bonds is 3. The monoisotopic (exact) mass is 298 g/mol. The molecule has 4 heteroatoms. The molecule has 1 saturated carbocycles. The third kappa shape index (κ3) is 3.56. The smallest absolute Gasteiger partial charge is 0.246 e. The van der Waals surface area contributed by atoms with Crippen LogP contribution < -0.4 is 0 Å². The van der Waals surface area contributed by atoms with Gasteiger partial charge in [0, 0.05) is 38.2 Å². The Morgan fingerprint density at radius 3 is 2.18 bits per heavy atom. The van der Waals surface area contributed by atoms with Crippen LogP contribution in [0.2, 0.25) is 0 Å². The minimum absolute atomic E-state index is 0.0269. The molecule has 1 saturated heterocycles. The largest absolute Gasteiger partial charge is 0.339 e. The molecule has 1 aliphatic heterocycles. The van der Waals surface area contributed by atoms with E-state index in [2.05, 4.69) is 0 Å². The molecule has 3 rings (SSSR count). The molecule has 0 spiro atoms. The first-order chi connectivity index (χ1) is 10.6. The summed E-state index contributed by atoms with van der Waals surface area (Å²) in [4.78, 5) is 27.9. The molecule has 0 bridgehead atoms. The van der Waals surface area contributed by atoms with Crippen molar-refractivity contribution < 1.29 is 9.59 Å². The van der Waals surface area contributed by atoms with Crippen molar-refractivity contribution in [2.45, 2.75) is 19.8 Å². The molecule has 22 heavy (non-hydrogen) atoms. The Morgan fingerprint density at radius 1 is 1.00 bits per heavy atom. The second kappa shape index (κ2) is 6.34. The molecule has 0 atom stereocenters. The summed E-state index contributed by atoms with van der Waals surface area (Å²) < 4.78 is 0. The summed E-state index contributed by atoms with van der Waals surface area (Å²) in [6.07, 6.45) is 5.56. The van der Waals surface area contributed by atoms with Gasteiger partial charge in [0.05, 0.1) is 0 Å². The maximum atomic E-state index is 12.2. The summed E-state index contributed by atoms with van der Waals surface area (Å²) in [5, 5.41) is 0. The highest BCUT2D eigenvalue weighted by molar-refractivity contribution is 5.92. The average Bonchev–Trinajstić information content (AvgIpc) is 3.38. The first-order valence-electron chi connectivity index (χ1n) is 7.96. The van der Waals surface area contributed by atoms with E-state index in [1.807, 2.05) is 47.1 Å². The van der Waals surface area contributed by atoms with Gasteiger partial charge >= 0.3 is 0 Å². The summed E-state index contributed by atoms with van der Waals surface area (Å²) in [5.41, 5.74) is 2.24. The van der Waals surface area contributed by atoms with Gasteiger partial charge in [-0.3, -0.25) is 9.59 Å². The molecule has 0 unspecified atom stereocenters. The fourth-order valence-electron chi connectivity index (χ4n) is 2.69. The van der Waals surface area contributed by atoms with Crippen LogP contribution in [0.1, 0.15) is 24.0 Å². The van der Waals surface area contributed by atoms with Crippen molar-refractivity contribution in [2.75, 3.05) is 26.2 Å². The van der Waals surface area contributed by atoms with Gasteiger partial charge in [-0.05, 0) is 31.4 Å². The zero-order valence-electron chi connectivity index (χ0n) is 13.0. The second-order valence-electron chi connectivity index (χ2n) is 6.17. The molecule has 2 aliphatic rings. The zero-order chi connectivity index (χ0) is 15.5. The normalized spacial score (nSPS) is 18.8. The van der Waals surface area contributed by atoms with Gasteiger partial charge in [-0.2, -0.15) is 0 Å². The highest BCUT2D eigenvalue weighted by atomic mass is 16.2. The number of piperazine rings is 1. The summed E-state index contributed by atoms with van der Waals surface area (Å²) in [6.45, 7) is 4.64.